The Hall–Kier alpha value is -3.32. The minimum Gasteiger partial charge on any atom is -0.354 e. The zero-order chi connectivity index (χ0) is 25.1. The first-order valence-corrected chi connectivity index (χ1v) is 13.0. The van der Waals surface area contributed by atoms with Crippen LogP contribution >= 0.6 is 0 Å². The molecule has 1 unspecified atom stereocenters. The highest BCUT2D eigenvalue weighted by atomic mass is 19.1. The number of carbonyl (C=O) groups is 2. The van der Waals surface area contributed by atoms with Gasteiger partial charge in [0, 0.05) is 48.3 Å². The predicted octanol–water partition coefficient (Wildman–Crippen LogP) is 4.67. The third-order valence-corrected chi connectivity index (χ3v) is 7.54. The second kappa shape index (κ2) is 10.7. The maximum Gasteiger partial charge on any atom is 0.252 e. The van der Waals surface area contributed by atoms with Crippen LogP contribution in [0.25, 0.3) is 22.2 Å². The third-order valence-electron chi connectivity index (χ3n) is 7.54. The minimum absolute atomic E-state index is 0.0322. The Morgan fingerprint density at radius 1 is 1.17 bits per heavy atom. The molecule has 188 valence electrons. The number of benzene rings is 2. The molecule has 1 saturated carbocycles. The number of hydrogen-bond acceptors (Lipinski definition) is 4. The summed E-state index contributed by atoms with van der Waals surface area (Å²) in [6, 6.07) is 14.1. The molecule has 2 N–H and O–H groups in total. The molecule has 2 fully saturated rings. The van der Waals surface area contributed by atoms with E-state index in [0.29, 0.717) is 47.7 Å². The van der Waals surface area contributed by atoms with Crippen molar-refractivity contribution in [3.05, 3.63) is 65.5 Å². The van der Waals surface area contributed by atoms with Crippen molar-refractivity contribution in [1.29, 1.82) is 0 Å². The molecule has 1 atom stereocenters. The molecule has 3 aromatic rings. The Morgan fingerprint density at radius 2 is 1.94 bits per heavy atom. The van der Waals surface area contributed by atoms with Crippen molar-refractivity contribution in [2.24, 2.45) is 5.92 Å². The summed E-state index contributed by atoms with van der Waals surface area (Å²) in [7, 11) is 0. The summed E-state index contributed by atoms with van der Waals surface area (Å²) in [6.45, 7) is 3.99. The second-order valence-electron chi connectivity index (χ2n) is 10.1. The molecule has 1 saturated heterocycles. The Labute approximate surface area is 211 Å². The molecule has 0 spiro atoms. The van der Waals surface area contributed by atoms with E-state index in [-0.39, 0.29) is 24.4 Å². The predicted molar refractivity (Wildman–Crippen MR) is 139 cm³/mol. The maximum atomic E-state index is 14.3. The van der Waals surface area contributed by atoms with Crippen molar-refractivity contribution in [3.63, 3.8) is 0 Å². The lowest BCUT2D eigenvalue weighted by atomic mass is 9.84. The summed E-state index contributed by atoms with van der Waals surface area (Å²) in [5.74, 6) is -0.136. The number of rotatable bonds is 6. The summed E-state index contributed by atoms with van der Waals surface area (Å²) in [5, 5.41) is 6.77. The van der Waals surface area contributed by atoms with Gasteiger partial charge in [-0.2, -0.15) is 0 Å². The highest BCUT2D eigenvalue weighted by Gasteiger charge is 2.28. The van der Waals surface area contributed by atoms with E-state index in [9.17, 15) is 14.0 Å². The Kier molecular flexibility index (Phi) is 7.28. The van der Waals surface area contributed by atoms with E-state index >= 15 is 0 Å². The first-order chi connectivity index (χ1) is 17.5. The zero-order valence-electron chi connectivity index (χ0n) is 20.7. The number of piperazine rings is 1. The average Bonchev–Trinajstić information content (AvgIpc) is 2.89. The van der Waals surface area contributed by atoms with Crippen molar-refractivity contribution in [2.75, 3.05) is 19.6 Å². The summed E-state index contributed by atoms with van der Waals surface area (Å²) in [4.78, 5) is 33.0. The molecular weight excluding hydrogens is 455 g/mol. The van der Waals surface area contributed by atoms with Crippen molar-refractivity contribution < 1.29 is 14.0 Å². The van der Waals surface area contributed by atoms with Gasteiger partial charge in [-0.1, -0.05) is 49.6 Å². The second-order valence-corrected chi connectivity index (χ2v) is 10.1. The fraction of sp³-hybridized carbons (Fsp3) is 0.414. The third kappa shape index (κ3) is 5.26. The Morgan fingerprint density at radius 3 is 2.69 bits per heavy atom. The molecule has 36 heavy (non-hydrogen) atoms. The number of hydrogen-bond donors (Lipinski definition) is 2. The van der Waals surface area contributed by atoms with E-state index in [0.717, 1.165) is 24.0 Å². The van der Waals surface area contributed by atoms with E-state index in [1.165, 1.54) is 31.4 Å². The van der Waals surface area contributed by atoms with Crippen molar-refractivity contribution in [1.82, 2.24) is 20.5 Å². The van der Waals surface area contributed by atoms with Gasteiger partial charge in [0.2, 0.25) is 5.91 Å². The van der Waals surface area contributed by atoms with Crippen molar-refractivity contribution in [2.45, 2.75) is 51.6 Å². The van der Waals surface area contributed by atoms with Gasteiger partial charge in [-0.05, 0) is 37.8 Å². The number of aromatic nitrogens is 1. The van der Waals surface area contributed by atoms with Gasteiger partial charge in [0.05, 0.1) is 23.3 Å². The summed E-state index contributed by atoms with van der Waals surface area (Å²) in [5.41, 5.74) is 3.24. The standard InChI is InChI=1S/C29H33FN4O2/c1-19(20-8-4-2-5-9-20)32-29(36)27-23-13-12-22(30)16-25(23)33-28(21-10-6-3-7-11-21)24(27)17-34-15-14-31-26(35)18-34/h3,6-7,10-13,16,19-20H,2,4-5,8-9,14-15,17-18H2,1H3,(H,31,35)(H,32,36). The van der Waals surface area contributed by atoms with E-state index in [1.54, 1.807) is 6.07 Å². The molecule has 0 radical (unpaired) electrons. The number of carbonyl (C=O) groups excluding carboxylic acids is 2. The minimum atomic E-state index is -0.392. The van der Waals surface area contributed by atoms with Crippen LogP contribution in [0.5, 0.6) is 0 Å². The molecule has 1 aliphatic carbocycles. The molecule has 7 heteroatoms. The lowest BCUT2D eigenvalue weighted by Gasteiger charge is -2.30. The van der Waals surface area contributed by atoms with Gasteiger partial charge in [-0.15, -0.1) is 0 Å². The monoisotopic (exact) mass is 488 g/mol. The van der Waals surface area contributed by atoms with Crippen LogP contribution in [0.3, 0.4) is 0 Å². The summed E-state index contributed by atoms with van der Waals surface area (Å²) < 4.78 is 14.3. The summed E-state index contributed by atoms with van der Waals surface area (Å²) in [6.07, 6.45) is 5.89. The molecule has 1 aliphatic heterocycles. The van der Waals surface area contributed by atoms with Crippen LogP contribution in [0, 0.1) is 11.7 Å². The number of pyridine rings is 1. The van der Waals surface area contributed by atoms with Crippen LogP contribution < -0.4 is 10.6 Å². The molecule has 2 aliphatic rings. The Balaban J connectivity index is 1.63. The van der Waals surface area contributed by atoms with Gasteiger partial charge in [0.1, 0.15) is 5.82 Å². The van der Waals surface area contributed by atoms with Crippen LogP contribution in [0.2, 0.25) is 0 Å². The van der Waals surface area contributed by atoms with Crippen LogP contribution in [0.1, 0.15) is 54.9 Å². The van der Waals surface area contributed by atoms with Gasteiger partial charge >= 0.3 is 0 Å². The number of nitrogens with zero attached hydrogens (tertiary/aromatic N) is 2. The van der Waals surface area contributed by atoms with Crippen LogP contribution in [0.15, 0.2) is 48.5 Å². The maximum absolute atomic E-state index is 14.3. The molecule has 2 aromatic carbocycles. The quantitative estimate of drug-likeness (QED) is 0.529. The first-order valence-electron chi connectivity index (χ1n) is 13.0. The van der Waals surface area contributed by atoms with Gasteiger partial charge in [0.25, 0.3) is 5.91 Å². The van der Waals surface area contributed by atoms with Crippen LogP contribution in [-0.2, 0) is 11.3 Å². The molecule has 5 rings (SSSR count). The lowest BCUT2D eigenvalue weighted by Crippen LogP contribution is -2.47. The fourth-order valence-corrected chi connectivity index (χ4v) is 5.61. The van der Waals surface area contributed by atoms with E-state index < -0.39 is 5.82 Å². The molecule has 2 heterocycles. The molecule has 0 bridgehead atoms. The number of amides is 2. The lowest BCUT2D eigenvalue weighted by molar-refractivity contribution is -0.124. The summed E-state index contributed by atoms with van der Waals surface area (Å²) >= 11 is 0. The normalized spacial score (nSPS) is 18.1. The number of fused-ring (bicyclic) bond motifs is 1. The highest BCUT2D eigenvalue weighted by Crippen LogP contribution is 2.33. The zero-order valence-corrected chi connectivity index (χ0v) is 20.7. The molecule has 6 nitrogen and oxygen atoms in total. The molecule has 1 aromatic heterocycles. The van der Waals surface area contributed by atoms with E-state index in [2.05, 4.69) is 17.6 Å². The van der Waals surface area contributed by atoms with E-state index in [4.69, 9.17) is 4.98 Å². The smallest absolute Gasteiger partial charge is 0.252 e. The Bertz CT molecular complexity index is 1260. The molecular formula is C29H33FN4O2. The van der Waals surface area contributed by atoms with Gasteiger partial charge in [-0.25, -0.2) is 9.37 Å². The largest absolute Gasteiger partial charge is 0.354 e. The van der Waals surface area contributed by atoms with Gasteiger partial charge in [0.15, 0.2) is 0 Å². The van der Waals surface area contributed by atoms with E-state index in [1.807, 2.05) is 35.2 Å². The van der Waals surface area contributed by atoms with Gasteiger partial charge < -0.3 is 10.6 Å². The number of nitrogens with one attached hydrogen (secondary N) is 2. The van der Waals surface area contributed by atoms with Crippen LogP contribution in [-0.4, -0.2) is 47.4 Å². The topological polar surface area (TPSA) is 74.3 Å². The first kappa shape index (κ1) is 24.4. The highest BCUT2D eigenvalue weighted by molar-refractivity contribution is 6.09. The fourth-order valence-electron chi connectivity index (χ4n) is 5.61. The number of halogens is 1. The SMILES string of the molecule is CC(NC(=O)c1c(CN2CCNC(=O)C2)c(-c2ccccc2)nc2cc(F)ccc12)C1CCCCC1. The van der Waals surface area contributed by atoms with Crippen molar-refractivity contribution in [3.8, 4) is 11.3 Å². The average molecular weight is 489 g/mol. The van der Waals surface area contributed by atoms with Crippen molar-refractivity contribution >= 4 is 22.7 Å². The van der Waals surface area contributed by atoms with Crippen LogP contribution in [0.4, 0.5) is 4.39 Å². The van der Waals surface area contributed by atoms with Gasteiger partial charge in [-0.3, -0.25) is 14.5 Å². The molecule has 2 amide bonds.